The van der Waals surface area contributed by atoms with Gasteiger partial charge in [0, 0.05) is 25.0 Å². The molecule has 2 aliphatic heterocycles. The lowest BCUT2D eigenvalue weighted by Gasteiger charge is -2.29. The number of nitrogens with zero attached hydrogens (tertiary/aromatic N) is 1. The first-order valence-electron chi connectivity index (χ1n) is 8.56. The van der Waals surface area contributed by atoms with E-state index in [9.17, 15) is 18.0 Å². The number of carbonyl (C=O) groups excluding carboxylic acids is 1. The molecule has 24 heavy (non-hydrogen) atoms. The molecule has 2 saturated heterocycles. The van der Waals surface area contributed by atoms with Crippen LogP contribution in [0, 0.1) is 0 Å². The van der Waals surface area contributed by atoms with E-state index in [1.807, 2.05) is 4.90 Å². The fraction of sp³-hybridized carbons (Fsp3) is 0.611. The van der Waals surface area contributed by atoms with E-state index in [0.29, 0.717) is 0 Å². The van der Waals surface area contributed by atoms with Gasteiger partial charge in [0.05, 0.1) is 5.56 Å². The fourth-order valence-corrected chi connectivity index (χ4v) is 4.05. The number of hydrogen-bond acceptors (Lipinski definition) is 2. The minimum Gasteiger partial charge on any atom is -0.335 e. The number of amides is 1. The number of rotatable bonds is 3. The second-order valence-electron chi connectivity index (χ2n) is 6.87. The Kier molecular flexibility index (Phi) is 4.85. The molecule has 1 amide bonds. The molecule has 0 aliphatic carbocycles. The van der Waals surface area contributed by atoms with Crippen LogP contribution < -0.4 is 5.32 Å². The van der Waals surface area contributed by atoms with Gasteiger partial charge in [0.25, 0.3) is 0 Å². The summed E-state index contributed by atoms with van der Waals surface area (Å²) in [4.78, 5) is 14.7. The van der Waals surface area contributed by atoms with Crippen molar-refractivity contribution >= 4 is 5.91 Å². The lowest BCUT2D eigenvalue weighted by Crippen LogP contribution is -2.42. The van der Waals surface area contributed by atoms with Crippen LogP contribution in [0.3, 0.4) is 0 Å². The van der Waals surface area contributed by atoms with Crippen molar-refractivity contribution in [1.82, 2.24) is 10.2 Å². The zero-order chi connectivity index (χ0) is 17.3. The summed E-state index contributed by atoms with van der Waals surface area (Å²) < 4.78 is 39.6. The van der Waals surface area contributed by atoms with Gasteiger partial charge in [0.2, 0.25) is 5.91 Å². The van der Waals surface area contributed by atoms with Gasteiger partial charge in [-0.25, -0.2) is 0 Å². The van der Waals surface area contributed by atoms with Crippen molar-refractivity contribution in [2.24, 2.45) is 0 Å². The van der Waals surface area contributed by atoms with Gasteiger partial charge in [-0.3, -0.25) is 4.79 Å². The van der Waals surface area contributed by atoms with Crippen LogP contribution in [0.15, 0.2) is 24.3 Å². The average Bonchev–Trinajstić information content (AvgIpc) is 2.79. The molecule has 2 fully saturated rings. The summed E-state index contributed by atoms with van der Waals surface area (Å²) in [6, 6.07) is 6.00. The molecule has 3 atom stereocenters. The lowest BCUT2D eigenvalue weighted by atomic mass is 9.92. The molecule has 0 spiro atoms. The summed E-state index contributed by atoms with van der Waals surface area (Å²) in [5.74, 6) is -0.471. The number of benzene rings is 1. The molecule has 132 valence electrons. The Bertz CT molecular complexity index is 588. The van der Waals surface area contributed by atoms with Crippen molar-refractivity contribution < 1.29 is 18.0 Å². The summed E-state index contributed by atoms with van der Waals surface area (Å²) in [7, 11) is 0. The Morgan fingerprint density at radius 1 is 1.25 bits per heavy atom. The highest BCUT2D eigenvalue weighted by atomic mass is 19.4. The molecule has 3 nitrogen and oxygen atoms in total. The third-order valence-electron chi connectivity index (χ3n) is 5.22. The van der Waals surface area contributed by atoms with E-state index in [0.717, 1.165) is 38.4 Å². The van der Waals surface area contributed by atoms with Crippen LogP contribution in [0.25, 0.3) is 0 Å². The Balaban J connectivity index is 1.76. The Labute approximate surface area is 140 Å². The first kappa shape index (κ1) is 17.3. The van der Waals surface area contributed by atoms with Crippen LogP contribution in [0.5, 0.6) is 0 Å². The van der Waals surface area contributed by atoms with Crippen molar-refractivity contribution in [3.05, 3.63) is 35.4 Å². The summed E-state index contributed by atoms with van der Waals surface area (Å²) in [5.41, 5.74) is -0.426. The summed E-state index contributed by atoms with van der Waals surface area (Å²) in [6.07, 6.45) is -1.35. The van der Waals surface area contributed by atoms with Crippen molar-refractivity contribution in [3.63, 3.8) is 0 Å². The SMILES string of the molecule is CC(CC(=O)N1C2CCNCC1CC2)c1ccccc1C(F)(F)F. The van der Waals surface area contributed by atoms with Gasteiger partial charge in [-0.05, 0) is 43.4 Å². The maximum absolute atomic E-state index is 13.2. The predicted octanol–water partition coefficient (Wildman–Crippen LogP) is 3.55. The van der Waals surface area contributed by atoms with E-state index >= 15 is 0 Å². The summed E-state index contributed by atoms with van der Waals surface area (Å²) in [5, 5.41) is 3.33. The van der Waals surface area contributed by atoms with Crippen LogP contribution >= 0.6 is 0 Å². The molecule has 3 unspecified atom stereocenters. The molecule has 1 aromatic rings. The Morgan fingerprint density at radius 3 is 2.71 bits per heavy atom. The third kappa shape index (κ3) is 3.43. The van der Waals surface area contributed by atoms with Gasteiger partial charge < -0.3 is 10.2 Å². The minimum absolute atomic E-state index is 0.0179. The van der Waals surface area contributed by atoms with Crippen LogP contribution in [0.1, 0.15) is 49.7 Å². The number of nitrogens with one attached hydrogen (secondary N) is 1. The standard InChI is InChI=1S/C18H23F3N2O/c1-12(15-4-2-3-5-16(15)18(19,20)21)10-17(24)23-13-6-7-14(23)11-22-9-8-13/h2-5,12-14,22H,6-11H2,1H3. The minimum atomic E-state index is -4.39. The molecule has 2 aliphatic rings. The average molecular weight is 340 g/mol. The van der Waals surface area contributed by atoms with E-state index in [4.69, 9.17) is 0 Å². The third-order valence-corrected chi connectivity index (χ3v) is 5.22. The number of carbonyl (C=O) groups is 1. The molecule has 3 rings (SSSR count). The van der Waals surface area contributed by atoms with Crippen LogP contribution in [-0.2, 0) is 11.0 Å². The van der Waals surface area contributed by atoms with Crippen LogP contribution in [0.2, 0.25) is 0 Å². The Morgan fingerprint density at radius 2 is 1.96 bits per heavy atom. The van der Waals surface area contributed by atoms with Gasteiger partial charge >= 0.3 is 6.18 Å². The van der Waals surface area contributed by atoms with Crippen molar-refractivity contribution in [2.75, 3.05) is 13.1 Å². The molecule has 1 aromatic carbocycles. The molecule has 0 saturated carbocycles. The number of halogens is 3. The molecule has 0 aromatic heterocycles. The highest BCUT2D eigenvalue weighted by molar-refractivity contribution is 5.78. The number of hydrogen-bond donors (Lipinski definition) is 1. The van der Waals surface area contributed by atoms with Gasteiger partial charge in [-0.1, -0.05) is 25.1 Å². The lowest BCUT2D eigenvalue weighted by molar-refractivity contribution is -0.139. The fourth-order valence-electron chi connectivity index (χ4n) is 4.05. The smallest absolute Gasteiger partial charge is 0.335 e. The van der Waals surface area contributed by atoms with Crippen LogP contribution in [0.4, 0.5) is 13.2 Å². The van der Waals surface area contributed by atoms with Crippen LogP contribution in [-0.4, -0.2) is 36.0 Å². The van der Waals surface area contributed by atoms with E-state index in [1.165, 1.54) is 12.1 Å². The summed E-state index contributed by atoms with van der Waals surface area (Å²) in [6.45, 7) is 3.40. The van der Waals surface area contributed by atoms with Gasteiger partial charge in [0.1, 0.15) is 0 Å². The topological polar surface area (TPSA) is 32.3 Å². The summed E-state index contributed by atoms with van der Waals surface area (Å²) >= 11 is 0. The molecule has 2 heterocycles. The highest BCUT2D eigenvalue weighted by Gasteiger charge is 2.39. The highest BCUT2D eigenvalue weighted by Crippen LogP contribution is 2.37. The predicted molar refractivity (Wildman–Crippen MR) is 85.6 cm³/mol. The Hall–Kier alpha value is -1.56. The van der Waals surface area contributed by atoms with Gasteiger partial charge in [-0.15, -0.1) is 0 Å². The second kappa shape index (κ2) is 6.75. The van der Waals surface area contributed by atoms with Gasteiger partial charge in [-0.2, -0.15) is 13.2 Å². The largest absolute Gasteiger partial charge is 0.416 e. The number of fused-ring (bicyclic) bond motifs is 2. The van der Waals surface area contributed by atoms with Gasteiger partial charge in [0.15, 0.2) is 0 Å². The molecular formula is C18H23F3N2O. The van der Waals surface area contributed by atoms with Crippen molar-refractivity contribution in [3.8, 4) is 0 Å². The molecule has 1 N–H and O–H groups in total. The molecule has 6 heteroatoms. The van der Waals surface area contributed by atoms with Crippen molar-refractivity contribution in [2.45, 2.75) is 56.8 Å². The monoisotopic (exact) mass is 340 g/mol. The van der Waals surface area contributed by atoms with E-state index < -0.39 is 17.7 Å². The zero-order valence-corrected chi connectivity index (χ0v) is 13.8. The van der Waals surface area contributed by atoms with Crippen molar-refractivity contribution in [1.29, 1.82) is 0 Å². The first-order chi connectivity index (χ1) is 11.4. The molecule has 2 bridgehead atoms. The first-order valence-corrected chi connectivity index (χ1v) is 8.56. The maximum Gasteiger partial charge on any atom is 0.416 e. The van der Waals surface area contributed by atoms with E-state index in [-0.39, 0.29) is 30.0 Å². The molecule has 0 radical (unpaired) electrons. The van der Waals surface area contributed by atoms with E-state index in [2.05, 4.69) is 5.32 Å². The number of alkyl halides is 3. The van der Waals surface area contributed by atoms with E-state index in [1.54, 1.807) is 13.0 Å². The zero-order valence-electron chi connectivity index (χ0n) is 13.8. The maximum atomic E-state index is 13.2. The quantitative estimate of drug-likeness (QED) is 0.913. The molecular weight excluding hydrogens is 317 g/mol. The second-order valence-corrected chi connectivity index (χ2v) is 6.87. The normalized spacial score (nSPS) is 25.4.